The smallest absolute Gasteiger partial charge is 0.147 e. The highest BCUT2D eigenvalue weighted by Gasteiger charge is 2.22. The third-order valence-electron chi connectivity index (χ3n) is 9.30. The Hall–Kier alpha value is -4.35. The molecule has 0 atom stereocenters. The molecule has 3 aromatic heterocycles. The lowest BCUT2D eigenvalue weighted by molar-refractivity contribution is 0.485. The highest BCUT2D eigenvalue weighted by molar-refractivity contribution is 7.22. The van der Waals surface area contributed by atoms with Gasteiger partial charge in [0, 0.05) is 29.1 Å². The Morgan fingerprint density at radius 2 is 1.33 bits per heavy atom. The molecule has 4 nitrogen and oxygen atoms in total. The number of benzene rings is 3. The molecule has 0 fully saturated rings. The van der Waals surface area contributed by atoms with Crippen molar-refractivity contribution in [1.29, 1.82) is 0 Å². The first-order valence-corrected chi connectivity index (χ1v) is 18.2. The van der Waals surface area contributed by atoms with Gasteiger partial charge in [-0.25, -0.2) is 4.98 Å². The van der Waals surface area contributed by atoms with Gasteiger partial charge in [-0.15, -0.1) is 11.3 Å². The Balaban J connectivity index is 1.52. The van der Waals surface area contributed by atoms with Crippen LogP contribution in [0.5, 0.6) is 11.5 Å². The standard InChI is InChI=1S/C44H49N3OS/c1-26(2)33-13-12-14-34(27(3)4)40(33)42-47-37-21-30(36-24-31(19-20-45-36)43(6,7)8)23-39(41(37)49-42)48-38-22-29(16-15-28(38)5)35-18-17-32(25-46-35)44(9,10)11/h12-27H,1-11H3. The van der Waals surface area contributed by atoms with Gasteiger partial charge in [-0.1, -0.05) is 106 Å². The Morgan fingerprint density at radius 3 is 1.94 bits per heavy atom. The van der Waals surface area contributed by atoms with E-state index in [-0.39, 0.29) is 10.8 Å². The predicted molar refractivity (Wildman–Crippen MR) is 208 cm³/mol. The molecule has 0 spiro atoms. The van der Waals surface area contributed by atoms with Crippen LogP contribution >= 0.6 is 11.3 Å². The minimum absolute atomic E-state index is 0.000599. The molecule has 0 unspecified atom stereocenters. The molecule has 0 saturated heterocycles. The van der Waals surface area contributed by atoms with Crippen LogP contribution in [0.2, 0.25) is 0 Å². The highest BCUT2D eigenvalue weighted by Crippen LogP contribution is 2.45. The minimum atomic E-state index is -0.000599. The Morgan fingerprint density at radius 1 is 0.653 bits per heavy atom. The van der Waals surface area contributed by atoms with E-state index in [9.17, 15) is 0 Å². The molecule has 0 aliphatic carbocycles. The van der Waals surface area contributed by atoms with Gasteiger partial charge < -0.3 is 4.74 Å². The van der Waals surface area contributed by atoms with Gasteiger partial charge in [-0.2, -0.15) is 0 Å². The average Bonchev–Trinajstić information content (AvgIpc) is 3.49. The van der Waals surface area contributed by atoms with E-state index in [0.717, 1.165) is 54.8 Å². The van der Waals surface area contributed by atoms with Crippen molar-refractivity contribution >= 4 is 21.6 Å². The third-order valence-corrected chi connectivity index (χ3v) is 10.4. The van der Waals surface area contributed by atoms with Crippen molar-refractivity contribution < 1.29 is 4.74 Å². The molecule has 6 aromatic rings. The molecule has 0 radical (unpaired) electrons. The SMILES string of the molecule is Cc1ccc(-c2ccc(C(C)(C)C)cn2)cc1Oc1cc(-c2cc(C(C)(C)C)ccn2)cc2nc(-c3c(C(C)C)cccc3C(C)C)sc12. The molecule has 0 N–H and O–H groups in total. The van der Waals surface area contributed by atoms with Gasteiger partial charge in [0.2, 0.25) is 0 Å². The van der Waals surface area contributed by atoms with Crippen molar-refractivity contribution in [1.82, 2.24) is 15.0 Å². The second-order valence-electron chi connectivity index (χ2n) is 15.9. The molecule has 6 rings (SSSR count). The van der Waals surface area contributed by atoms with E-state index in [0.29, 0.717) is 11.8 Å². The normalized spacial score (nSPS) is 12.3. The molecule has 252 valence electrons. The molecule has 49 heavy (non-hydrogen) atoms. The lowest BCUT2D eigenvalue weighted by Crippen LogP contribution is -2.11. The lowest BCUT2D eigenvalue weighted by Gasteiger charge is -2.19. The fourth-order valence-corrected chi connectivity index (χ4v) is 7.27. The maximum atomic E-state index is 6.94. The summed E-state index contributed by atoms with van der Waals surface area (Å²) in [6.45, 7) is 24.5. The van der Waals surface area contributed by atoms with E-state index in [1.807, 2.05) is 12.4 Å². The number of aryl methyl sites for hydroxylation is 1. The van der Waals surface area contributed by atoms with Crippen LogP contribution in [0.15, 0.2) is 85.2 Å². The number of rotatable bonds is 7. The number of pyridine rings is 2. The second-order valence-corrected chi connectivity index (χ2v) is 16.9. The number of nitrogens with zero attached hydrogens (tertiary/aromatic N) is 3. The maximum Gasteiger partial charge on any atom is 0.147 e. The van der Waals surface area contributed by atoms with E-state index in [1.165, 1.54) is 27.8 Å². The summed E-state index contributed by atoms with van der Waals surface area (Å²) >= 11 is 1.71. The van der Waals surface area contributed by atoms with Gasteiger partial charge in [-0.3, -0.25) is 9.97 Å². The van der Waals surface area contributed by atoms with Crippen molar-refractivity contribution in [3.63, 3.8) is 0 Å². The topological polar surface area (TPSA) is 47.9 Å². The van der Waals surface area contributed by atoms with E-state index >= 15 is 0 Å². The number of aromatic nitrogens is 3. The third kappa shape index (κ3) is 7.19. The van der Waals surface area contributed by atoms with Crippen molar-refractivity contribution in [2.45, 2.75) is 98.8 Å². The Bertz CT molecular complexity index is 2100. The monoisotopic (exact) mass is 667 g/mol. The number of ether oxygens (including phenoxy) is 1. The average molecular weight is 668 g/mol. The fourth-order valence-electron chi connectivity index (χ4n) is 6.18. The first-order chi connectivity index (χ1) is 23.1. The zero-order chi connectivity index (χ0) is 35.2. The summed E-state index contributed by atoms with van der Waals surface area (Å²) in [6.07, 6.45) is 3.90. The summed E-state index contributed by atoms with van der Waals surface area (Å²) in [7, 11) is 0. The van der Waals surface area contributed by atoms with Crippen LogP contribution in [0, 0.1) is 6.92 Å². The Kier molecular flexibility index (Phi) is 9.27. The zero-order valence-corrected chi connectivity index (χ0v) is 31.7. The number of fused-ring (bicyclic) bond motifs is 1. The van der Waals surface area contributed by atoms with Crippen LogP contribution in [0.3, 0.4) is 0 Å². The van der Waals surface area contributed by atoms with Crippen LogP contribution in [0.1, 0.15) is 109 Å². The van der Waals surface area contributed by atoms with E-state index in [1.54, 1.807) is 11.3 Å². The highest BCUT2D eigenvalue weighted by atomic mass is 32.1. The van der Waals surface area contributed by atoms with Gasteiger partial charge in [0.15, 0.2) is 0 Å². The van der Waals surface area contributed by atoms with E-state index in [2.05, 4.69) is 149 Å². The van der Waals surface area contributed by atoms with Gasteiger partial charge in [0.1, 0.15) is 16.5 Å². The summed E-state index contributed by atoms with van der Waals surface area (Å²) in [5.41, 5.74) is 12.2. The predicted octanol–water partition coefficient (Wildman–Crippen LogP) is 13.0. The van der Waals surface area contributed by atoms with Gasteiger partial charge in [-0.05, 0) is 93.8 Å². The summed E-state index contributed by atoms with van der Waals surface area (Å²) in [4.78, 5) is 15.0. The van der Waals surface area contributed by atoms with Gasteiger partial charge in [0.05, 0.1) is 21.6 Å². The van der Waals surface area contributed by atoms with Crippen LogP contribution in [0.4, 0.5) is 0 Å². The van der Waals surface area contributed by atoms with Crippen LogP contribution < -0.4 is 4.74 Å². The molecule has 0 bridgehead atoms. The number of thiazole rings is 1. The first-order valence-electron chi connectivity index (χ1n) is 17.4. The van der Waals surface area contributed by atoms with Crippen molar-refractivity contribution in [2.75, 3.05) is 0 Å². The maximum absolute atomic E-state index is 6.94. The largest absolute Gasteiger partial charge is 0.455 e. The van der Waals surface area contributed by atoms with Gasteiger partial charge in [0.25, 0.3) is 0 Å². The summed E-state index contributed by atoms with van der Waals surface area (Å²) in [6, 6.07) is 25.9. The molecule has 0 aliphatic rings. The van der Waals surface area contributed by atoms with Crippen molar-refractivity contribution in [2.24, 2.45) is 0 Å². The van der Waals surface area contributed by atoms with E-state index in [4.69, 9.17) is 19.7 Å². The van der Waals surface area contributed by atoms with Crippen LogP contribution in [0.25, 0.3) is 43.3 Å². The fraction of sp³-hybridized carbons (Fsp3) is 0.341. The number of hydrogen-bond donors (Lipinski definition) is 0. The molecule has 5 heteroatoms. The zero-order valence-electron chi connectivity index (χ0n) is 30.9. The van der Waals surface area contributed by atoms with Crippen molar-refractivity contribution in [3.8, 4) is 44.6 Å². The second kappa shape index (κ2) is 13.2. The summed E-state index contributed by atoms with van der Waals surface area (Å²) in [5.74, 6) is 2.32. The molecule has 0 aliphatic heterocycles. The molecular weight excluding hydrogens is 619 g/mol. The number of hydrogen-bond acceptors (Lipinski definition) is 5. The van der Waals surface area contributed by atoms with Crippen molar-refractivity contribution in [3.05, 3.63) is 113 Å². The summed E-state index contributed by atoms with van der Waals surface area (Å²) < 4.78 is 7.97. The molecule has 0 amide bonds. The lowest BCUT2D eigenvalue weighted by atomic mass is 9.87. The quantitative estimate of drug-likeness (QED) is 0.170. The Labute approximate surface area is 296 Å². The molecule has 3 heterocycles. The van der Waals surface area contributed by atoms with Crippen LogP contribution in [-0.2, 0) is 10.8 Å². The van der Waals surface area contributed by atoms with Gasteiger partial charge >= 0.3 is 0 Å². The minimum Gasteiger partial charge on any atom is -0.455 e. The van der Waals surface area contributed by atoms with Crippen LogP contribution in [-0.4, -0.2) is 15.0 Å². The molecule has 3 aromatic carbocycles. The first kappa shape index (κ1) is 34.5. The summed E-state index contributed by atoms with van der Waals surface area (Å²) in [5, 5.41) is 1.02. The molecule has 0 saturated carbocycles. The van der Waals surface area contributed by atoms with E-state index < -0.39 is 0 Å². The molecular formula is C44H49N3OS.